The largest absolute Gasteiger partial charge is 0.549 e. The van der Waals surface area contributed by atoms with Crippen LogP contribution in [0.3, 0.4) is 0 Å². The Morgan fingerprint density at radius 2 is 2.10 bits per heavy atom. The maximum absolute atomic E-state index is 10.8. The zero-order chi connectivity index (χ0) is 14.8. The van der Waals surface area contributed by atoms with Gasteiger partial charge in [-0.2, -0.15) is 0 Å². The van der Waals surface area contributed by atoms with Crippen molar-refractivity contribution in [3.05, 3.63) is 58.6 Å². The summed E-state index contributed by atoms with van der Waals surface area (Å²) in [7, 11) is 0. The van der Waals surface area contributed by atoms with Gasteiger partial charge < -0.3 is 9.90 Å². The minimum absolute atomic E-state index is 0.000430. The molecule has 1 aliphatic heterocycles. The van der Waals surface area contributed by atoms with Gasteiger partial charge in [-0.25, -0.2) is 0 Å². The monoisotopic (exact) mass is 335 g/mol. The molecule has 1 heterocycles. The summed E-state index contributed by atoms with van der Waals surface area (Å²) in [5, 5.41) is 11.6. The molecule has 2 aromatic carbocycles. The predicted octanol–water partition coefficient (Wildman–Crippen LogP) is 3.57. The number of carbonyl (C=O) groups is 1. The van der Waals surface area contributed by atoms with Crippen LogP contribution in [0.5, 0.6) is 0 Å². The van der Waals surface area contributed by atoms with Gasteiger partial charge in [-0.05, 0) is 41.8 Å². The Hall–Kier alpha value is -1.10. The fraction of sp³-hybridized carbons (Fsp3) is 0.188. The highest BCUT2D eigenvalue weighted by Crippen LogP contribution is 2.45. The van der Waals surface area contributed by atoms with Crippen molar-refractivity contribution >= 4 is 41.1 Å². The van der Waals surface area contributed by atoms with Crippen LogP contribution in [-0.4, -0.2) is 11.7 Å². The van der Waals surface area contributed by atoms with E-state index in [1.165, 1.54) is 32.7 Å². The average molecular weight is 336 g/mol. The summed E-state index contributed by atoms with van der Waals surface area (Å²) < 4.78 is 0. The molecule has 0 bridgehead atoms. The van der Waals surface area contributed by atoms with Gasteiger partial charge in [0, 0.05) is 25.8 Å². The zero-order valence-electron chi connectivity index (χ0n) is 11.0. The number of rotatable bonds is 3. The molecule has 0 N–H and O–H groups in total. The molecule has 5 heteroatoms. The van der Waals surface area contributed by atoms with Gasteiger partial charge in [-0.15, -0.1) is 11.8 Å². The molecule has 0 saturated carbocycles. The summed E-state index contributed by atoms with van der Waals surface area (Å²) in [4.78, 5) is 13.1. The molecule has 0 saturated heterocycles. The maximum atomic E-state index is 10.8. The van der Waals surface area contributed by atoms with Crippen LogP contribution >= 0.6 is 35.1 Å². The van der Waals surface area contributed by atoms with Gasteiger partial charge >= 0.3 is 0 Å². The fourth-order valence-corrected chi connectivity index (χ4v) is 4.80. The molecule has 3 rings (SSSR count). The smallest absolute Gasteiger partial charge is 0.0513 e. The molecule has 108 valence electrons. The van der Waals surface area contributed by atoms with Gasteiger partial charge in [0.25, 0.3) is 0 Å². The Kier molecular flexibility index (Phi) is 4.48. The van der Waals surface area contributed by atoms with Crippen LogP contribution in [0.4, 0.5) is 0 Å². The van der Waals surface area contributed by atoms with Gasteiger partial charge in [0.1, 0.15) is 0 Å². The van der Waals surface area contributed by atoms with E-state index in [-0.39, 0.29) is 11.0 Å². The number of thioether (sulfide) groups is 1. The summed E-state index contributed by atoms with van der Waals surface area (Å²) in [6, 6.07) is 14.1. The summed E-state index contributed by atoms with van der Waals surface area (Å²) in [6.45, 7) is 0. The predicted molar refractivity (Wildman–Crippen MR) is 85.9 cm³/mol. The van der Waals surface area contributed by atoms with E-state index in [2.05, 4.69) is 12.1 Å². The first-order valence-corrected chi connectivity index (χ1v) is 8.74. The van der Waals surface area contributed by atoms with Crippen molar-refractivity contribution in [3.63, 3.8) is 0 Å². The molecule has 2 aromatic rings. The van der Waals surface area contributed by atoms with E-state index in [0.717, 1.165) is 6.42 Å². The number of hydrogen-bond acceptors (Lipinski definition) is 4. The van der Waals surface area contributed by atoms with Crippen molar-refractivity contribution in [3.8, 4) is 0 Å². The van der Waals surface area contributed by atoms with Gasteiger partial charge in [0.2, 0.25) is 0 Å². The van der Waals surface area contributed by atoms with Gasteiger partial charge in [0.05, 0.1) is 5.97 Å². The number of carbonyl (C=O) groups excluding carboxylic acids is 1. The summed E-state index contributed by atoms with van der Waals surface area (Å²) in [6.07, 6.45) is 0.776. The van der Waals surface area contributed by atoms with Crippen molar-refractivity contribution in [2.24, 2.45) is 0 Å². The molecule has 0 spiro atoms. The van der Waals surface area contributed by atoms with Crippen molar-refractivity contribution in [1.82, 2.24) is 0 Å². The second kappa shape index (κ2) is 6.34. The van der Waals surface area contributed by atoms with E-state index >= 15 is 0 Å². The standard InChI is InChI=1S/C16H13ClO2S2/c17-11-5-6-13-10(7-11)8-15(20-9-16(18)19)12-3-1-2-4-14(12)21-13/h1-7,15H,8-9H2,(H,18,19)/p-1/t15-/m0/s1. The van der Waals surface area contributed by atoms with Crippen molar-refractivity contribution in [1.29, 1.82) is 0 Å². The van der Waals surface area contributed by atoms with Crippen molar-refractivity contribution < 1.29 is 9.90 Å². The number of aliphatic carboxylic acids is 1. The van der Waals surface area contributed by atoms with E-state index in [1.54, 1.807) is 11.8 Å². The molecule has 0 aromatic heterocycles. The second-order valence-corrected chi connectivity index (χ2v) is 7.48. The number of halogens is 1. The molecule has 21 heavy (non-hydrogen) atoms. The highest BCUT2D eigenvalue weighted by Gasteiger charge is 2.23. The highest BCUT2D eigenvalue weighted by molar-refractivity contribution is 8.00. The van der Waals surface area contributed by atoms with Crippen molar-refractivity contribution in [2.45, 2.75) is 21.5 Å². The second-order valence-electron chi connectivity index (χ2n) is 4.77. The lowest BCUT2D eigenvalue weighted by atomic mass is 10.0. The van der Waals surface area contributed by atoms with Crippen LogP contribution in [0, 0.1) is 0 Å². The molecular formula is C16H12ClO2S2-. The third-order valence-corrected chi connectivity index (χ3v) is 5.99. The normalized spacial score (nSPS) is 16.7. The minimum Gasteiger partial charge on any atom is -0.549 e. The van der Waals surface area contributed by atoms with Crippen LogP contribution in [0.1, 0.15) is 16.4 Å². The van der Waals surface area contributed by atoms with E-state index in [0.29, 0.717) is 5.02 Å². The molecule has 0 amide bonds. The first-order valence-electron chi connectivity index (χ1n) is 6.50. The molecule has 2 nitrogen and oxygen atoms in total. The Bertz CT molecular complexity index is 688. The summed E-state index contributed by atoms with van der Waals surface area (Å²) in [5.74, 6) is -1.03. The molecule has 1 atom stereocenters. The Labute approximate surface area is 136 Å². The molecule has 0 aliphatic carbocycles. The number of carboxylic acid groups (broad SMARTS) is 1. The SMILES string of the molecule is O=C([O-])CS[C@H]1Cc2cc(Cl)ccc2Sc2ccccc21. The lowest BCUT2D eigenvalue weighted by Crippen LogP contribution is -2.25. The molecule has 0 radical (unpaired) electrons. The third kappa shape index (κ3) is 3.39. The van der Waals surface area contributed by atoms with E-state index in [4.69, 9.17) is 11.6 Å². The topological polar surface area (TPSA) is 40.1 Å². The lowest BCUT2D eigenvalue weighted by Gasteiger charge is -2.17. The summed E-state index contributed by atoms with van der Waals surface area (Å²) in [5.41, 5.74) is 2.35. The number of hydrogen-bond donors (Lipinski definition) is 0. The average Bonchev–Trinajstić information content (AvgIpc) is 2.61. The minimum atomic E-state index is -1.03. The Morgan fingerprint density at radius 3 is 2.90 bits per heavy atom. The van der Waals surface area contributed by atoms with Crippen LogP contribution in [0.2, 0.25) is 5.02 Å². The molecular weight excluding hydrogens is 324 g/mol. The summed E-state index contributed by atoms with van der Waals surface area (Å²) >= 11 is 9.22. The first kappa shape index (κ1) is 14.8. The molecule has 0 unspecified atom stereocenters. The third-order valence-electron chi connectivity index (χ3n) is 3.32. The lowest BCUT2D eigenvalue weighted by molar-refractivity contribution is -0.301. The van der Waals surface area contributed by atoms with E-state index < -0.39 is 5.97 Å². The molecule has 1 aliphatic rings. The number of carboxylic acids is 1. The van der Waals surface area contributed by atoms with E-state index in [9.17, 15) is 9.90 Å². The van der Waals surface area contributed by atoms with E-state index in [1.807, 2.05) is 30.3 Å². The van der Waals surface area contributed by atoms with Gasteiger partial charge in [-0.1, -0.05) is 41.6 Å². The Balaban J connectivity index is 2.00. The van der Waals surface area contributed by atoms with Crippen molar-refractivity contribution in [2.75, 3.05) is 5.75 Å². The van der Waals surface area contributed by atoms with Gasteiger partial charge in [0.15, 0.2) is 0 Å². The van der Waals surface area contributed by atoms with Crippen LogP contribution in [0.15, 0.2) is 52.3 Å². The quantitative estimate of drug-likeness (QED) is 0.859. The van der Waals surface area contributed by atoms with Gasteiger partial charge in [-0.3, -0.25) is 0 Å². The van der Waals surface area contributed by atoms with Crippen LogP contribution in [0.25, 0.3) is 0 Å². The first-order chi connectivity index (χ1) is 10.1. The van der Waals surface area contributed by atoms with Crippen LogP contribution < -0.4 is 5.11 Å². The fourth-order valence-electron chi connectivity index (χ4n) is 2.39. The number of benzene rings is 2. The highest BCUT2D eigenvalue weighted by atomic mass is 35.5. The Morgan fingerprint density at radius 1 is 1.29 bits per heavy atom. The zero-order valence-corrected chi connectivity index (χ0v) is 13.4. The number of fused-ring (bicyclic) bond motifs is 2. The maximum Gasteiger partial charge on any atom is 0.0513 e. The van der Waals surface area contributed by atoms with Crippen LogP contribution in [-0.2, 0) is 11.2 Å². The molecule has 0 fully saturated rings.